The van der Waals surface area contributed by atoms with Crippen LogP contribution in [-0.4, -0.2) is 13.7 Å². The molecular weight excluding hydrogens is 186 g/mol. The van der Waals surface area contributed by atoms with E-state index in [0.29, 0.717) is 6.61 Å². The minimum atomic E-state index is 0.456. The number of hydrogen-bond acceptors (Lipinski definition) is 2. The lowest BCUT2D eigenvalue weighted by Crippen LogP contribution is -2.08. The third-order valence-electron chi connectivity index (χ3n) is 2.13. The van der Waals surface area contributed by atoms with E-state index in [-0.39, 0.29) is 0 Å². The minimum Gasteiger partial charge on any atom is -0.480 e. The number of nitrogens with one attached hydrogen (secondary N) is 1. The van der Waals surface area contributed by atoms with Crippen LogP contribution < -0.4 is 10.1 Å². The Labute approximate surface area is 91.6 Å². The molecule has 0 saturated heterocycles. The third-order valence-corrected chi connectivity index (χ3v) is 2.13. The highest BCUT2D eigenvalue weighted by Crippen LogP contribution is 2.22. The monoisotopic (exact) mass is 203 g/mol. The van der Waals surface area contributed by atoms with E-state index in [1.807, 2.05) is 33.0 Å². The largest absolute Gasteiger partial charge is 0.480 e. The molecule has 0 aromatic heterocycles. The van der Waals surface area contributed by atoms with Crippen LogP contribution in [0.5, 0.6) is 5.75 Å². The predicted molar refractivity (Wildman–Crippen MR) is 62.9 cm³/mol. The standard InChI is InChI=1S/C13H17NO/c1-4-5-9-15-13-11(2)7-6-8-12(13)10-14-3/h6-8,14H,9-10H2,1-3H3. The molecular formula is C13H17NO. The number of aryl methyl sites for hydroxylation is 1. The van der Waals surface area contributed by atoms with Gasteiger partial charge in [0.2, 0.25) is 0 Å². The first kappa shape index (κ1) is 11.6. The molecule has 1 N–H and O–H groups in total. The molecule has 0 atom stereocenters. The first-order chi connectivity index (χ1) is 7.29. The van der Waals surface area contributed by atoms with Gasteiger partial charge in [0.1, 0.15) is 12.4 Å². The molecule has 0 radical (unpaired) electrons. The number of hydrogen-bond donors (Lipinski definition) is 1. The van der Waals surface area contributed by atoms with Crippen molar-refractivity contribution in [2.24, 2.45) is 0 Å². The van der Waals surface area contributed by atoms with Gasteiger partial charge in [-0.25, -0.2) is 0 Å². The van der Waals surface area contributed by atoms with Crippen molar-refractivity contribution in [3.63, 3.8) is 0 Å². The average molecular weight is 203 g/mol. The van der Waals surface area contributed by atoms with E-state index >= 15 is 0 Å². The Morgan fingerprint density at radius 3 is 2.87 bits per heavy atom. The van der Waals surface area contributed by atoms with Crippen LogP contribution in [-0.2, 0) is 6.54 Å². The van der Waals surface area contributed by atoms with Crippen LogP contribution in [0.4, 0.5) is 0 Å². The maximum Gasteiger partial charge on any atom is 0.149 e. The fourth-order valence-corrected chi connectivity index (χ4v) is 1.43. The Kier molecular flexibility index (Phi) is 4.73. The summed E-state index contributed by atoms with van der Waals surface area (Å²) in [4.78, 5) is 0. The molecule has 1 rings (SSSR count). The first-order valence-corrected chi connectivity index (χ1v) is 5.05. The smallest absolute Gasteiger partial charge is 0.149 e. The van der Waals surface area contributed by atoms with E-state index in [9.17, 15) is 0 Å². The molecule has 1 aromatic carbocycles. The molecule has 0 amide bonds. The summed E-state index contributed by atoms with van der Waals surface area (Å²) in [5, 5.41) is 3.13. The molecule has 0 saturated carbocycles. The summed E-state index contributed by atoms with van der Waals surface area (Å²) in [6.45, 7) is 5.14. The molecule has 0 fully saturated rings. The van der Waals surface area contributed by atoms with Crippen LogP contribution in [0.1, 0.15) is 18.1 Å². The summed E-state index contributed by atoms with van der Waals surface area (Å²) < 4.78 is 5.65. The van der Waals surface area contributed by atoms with Gasteiger partial charge in [-0.3, -0.25) is 0 Å². The molecule has 1 aromatic rings. The third kappa shape index (κ3) is 3.30. The Bertz CT molecular complexity index is 374. The second-order valence-electron chi connectivity index (χ2n) is 3.31. The highest BCUT2D eigenvalue weighted by molar-refractivity contribution is 5.40. The molecule has 0 spiro atoms. The lowest BCUT2D eigenvalue weighted by atomic mass is 10.1. The molecule has 2 nitrogen and oxygen atoms in total. The molecule has 0 aliphatic heterocycles. The molecule has 2 heteroatoms. The molecule has 0 unspecified atom stereocenters. The number of para-hydroxylation sites is 1. The van der Waals surface area contributed by atoms with Crippen LogP contribution in [0.25, 0.3) is 0 Å². The van der Waals surface area contributed by atoms with Crippen LogP contribution in [0.3, 0.4) is 0 Å². The summed E-state index contributed by atoms with van der Waals surface area (Å²) in [5.41, 5.74) is 2.33. The molecule has 0 bridgehead atoms. The summed E-state index contributed by atoms with van der Waals surface area (Å²) in [7, 11) is 1.93. The maximum absolute atomic E-state index is 5.65. The van der Waals surface area contributed by atoms with Gasteiger partial charge >= 0.3 is 0 Å². The van der Waals surface area contributed by atoms with E-state index in [4.69, 9.17) is 4.74 Å². The summed E-state index contributed by atoms with van der Waals surface area (Å²) in [5.74, 6) is 6.67. The van der Waals surface area contributed by atoms with Crippen LogP contribution in [0.2, 0.25) is 0 Å². The van der Waals surface area contributed by atoms with Crippen molar-refractivity contribution in [3.8, 4) is 17.6 Å². The fraction of sp³-hybridized carbons (Fsp3) is 0.385. The summed E-state index contributed by atoms with van der Waals surface area (Å²) in [6, 6.07) is 6.16. The number of benzene rings is 1. The van der Waals surface area contributed by atoms with Crippen LogP contribution in [0, 0.1) is 18.8 Å². The Hall–Kier alpha value is -1.46. The van der Waals surface area contributed by atoms with Gasteiger partial charge in [0, 0.05) is 12.1 Å². The molecule has 0 heterocycles. The predicted octanol–water partition coefficient (Wildman–Crippen LogP) is 2.12. The van der Waals surface area contributed by atoms with E-state index in [2.05, 4.69) is 23.2 Å². The number of ether oxygens (including phenoxy) is 1. The van der Waals surface area contributed by atoms with Crippen LogP contribution in [0.15, 0.2) is 18.2 Å². The number of rotatable bonds is 4. The molecule has 0 aliphatic carbocycles. The minimum absolute atomic E-state index is 0.456. The van der Waals surface area contributed by atoms with Gasteiger partial charge in [-0.1, -0.05) is 24.1 Å². The van der Waals surface area contributed by atoms with Gasteiger partial charge in [-0.15, -0.1) is 5.92 Å². The van der Waals surface area contributed by atoms with Crippen molar-refractivity contribution in [2.75, 3.05) is 13.7 Å². The lowest BCUT2D eigenvalue weighted by molar-refractivity contribution is 0.362. The van der Waals surface area contributed by atoms with E-state index < -0.39 is 0 Å². The van der Waals surface area contributed by atoms with Crippen molar-refractivity contribution in [3.05, 3.63) is 29.3 Å². The van der Waals surface area contributed by atoms with E-state index in [1.54, 1.807) is 0 Å². The van der Waals surface area contributed by atoms with Gasteiger partial charge in [0.25, 0.3) is 0 Å². The second-order valence-corrected chi connectivity index (χ2v) is 3.31. The summed E-state index contributed by atoms with van der Waals surface area (Å²) in [6.07, 6.45) is 0. The van der Waals surface area contributed by atoms with Gasteiger partial charge in [-0.05, 0) is 26.5 Å². The van der Waals surface area contributed by atoms with E-state index in [1.165, 1.54) is 5.56 Å². The van der Waals surface area contributed by atoms with Crippen molar-refractivity contribution >= 4 is 0 Å². The zero-order valence-corrected chi connectivity index (χ0v) is 9.55. The van der Waals surface area contributed by atoms with Crippen molar-refractivity contribution < 1.29 is 4.74 Å². The van der Waals surface area contributed by atoms with Gasteiger partial charge in [0.15, 0.2) is 0 Å². The van der Waals surface area contributed by atoms with Crippen molar-refractivity contribution in [1.82, 2.24) is 5.32 Å². The van der Waals surface area contributed by atoms with Gasteiger partial charge < -0.3 is 10.1 Å². The zero-order valence-electron chi connectivity index (χ0n) is 9.55. The Balaban J connectivity index is 2.84. The van der Waals surface area contributed by atoms with Crippen molar-refractivity contribution in [1.29, 1.82) is 0 Å². The normalized spacial score (nSPS) is 9.27. The van der Waals surface area contributed by atoms with E-state index in [0.717, 1.165) is 17.9 Å². The summed E-state index contributed by atoms with van der Waals surface area (Å²) >= 11 is 0. The Morgan fingerprint density at radius 1 is 1.40 bits per heavy atom. The fourth-order valence-electron chi connectivity index (χ4n) is 1.43. The Morgan fingerprint density at radius 2 is 2.20 bits per heavy atom. The SMILES string of the molecule is CC#CCOc1c(C)cccc1CNC. The van der Waals surface area contributed by atoms with Crippen LogP contribution >= 0.6 is 0 Å². The topological polar surface area (TPSA) is 21.3 Å². The molecule has 80 valence electrons. The van der Waals surface area contributed by atoms with Crippen molar-refractivity contribution in [2.45, 2.75) is 20.4 Å². The highest BCUT2D eigenvalue weighted by Gasteiger charge is 2.04. The second kappa shape index (κ2) is 6.10. The van der Waals surface area contributed by atoms with Gasteiger partial charge in [0.05, 0.1) is 0 Å². The highest BCUT2D eigenvalue weighted by atomic mass is 16.5. The first-order valence-electron chi connectivity index (χ1n) is 5.05. The molecule has 0 aliphatic rings. The zero-order chi connectivity index (χ0) is 11.1. The quantitative estimate of drug-likeness (QED) is 0.757. The van der Waals surface area contributed by atoms with Gasteiger partial charge in [-0.2, -0.15) is 0 Å². The lowest BCUT2D eigenvalue weighted by Gasteiger charge is -2.11. The molecule has 15 heavy (non-hydrogen) atoms. The average Bonchev–Trinajstić information content (AvgIpc) is 2.23. The maximum atomic E-state index is 5.65.